The zero-order valence-corrected chi connectivity index (χ0v) is 49.1. The monoisotopic (exact) mass is 1050 g/mol. The van der Waals surface area contributed by atoms with Gasteiger partial charge < -0.3 is 40.3 Å². The fraction of sp³-hybridized carbons (Fsp3) is 0.954. The Hall–Kier alpha value is -1.07. The van der Waals surface area contributed by atoms with Crippen LogP contribution in [-0.2, 0) is 14.3 Å². The van der Waals surface area contributed by atoms with Crippen molar-refractivity contribution in [2.24, 2.45) is 0 Å². The van der Waals surface area contributed by atoms with Crippen LogP contribution in [0.25, 0.3) is 0 Å². The van der Waals surface area contributed by atoms with E-state index in [-0.39, 0.29) is 12.5 Å². The predicted octanol–water partition coefficient (Wildman–Crippen LogP) is 17.1. The van der Waals surface area contributed by atoms with Gasteiger partial charge >= 0.3 is 0 Å². The first-order valence-electron chi connectivity index (χ1n) is 32.9. The molecule has 0 saturated carbocycles. The first kappa shape index (κ1) is 70.9. The lowest BCUT2D eigenvalue weighted by atomic mass is 9.99. The number of carbonyl (C=O) groups excluding carboxylic acids is 1. The van der Waals surface area contributed by atoms with E-state index in [2.05, 4.69) is 19.2 Å². The van der Waals surface area contributed by atoms with E-state index in [1.807, 2.05) is 6.08 Å². The van der Waals surface area contributed by atoms with E-state index in [1.165, 1.54) is 283 Å². The maximum absolute atomic E-state index is 13.1. The van der Waals surface area contributed by atoms with Gasteiger partial charge in [0.25, 0.3) is 0 Å². The third-order valence-electron chi connectivity index (χ3n) is 16.1. The highest BCUT2D eigenvalue weighted by Crippen LogP contribution is 2.23. The topological polar surface area (TPSA) is 149 Å². The van der Waals surface area contributed by atoms with Crippen LogP contribution in [-0.4, -0.2) is 87.5 Å². The van der Waals surface area contributed by atoms with E-state index in [9.17, 15) is 30.3 Å². The Morgan fingerprint density at radius 1 is 0.446 bits per heavy atom. The summed E-state index contributed by atoms with van der Waals surface area (Å²) in [7, 11) is 0. The number of rotatable bonds is 58. The van der Waals surface area contributed by atoms with E-state index in [0.29, 0.717) is 6.42 Å². The van der Waals surface area contributed by atoms with Gasteiger partial charge in [-0.15, -0.1) is 0 Å². The van der Waals surface area contributed by atoms with Crippen LogP contribution in [0.5, 0.6) is 0 Å². The minimum atomic E-state index is -1.56. The SMILES string of the molecule is CCCCCCCCCCCCCCC/C=C/C(O)C(COC1OC(CO)C(O)C(O)C1O)NC(=O)CCCCCCCCCCCCCCCCCCCCCCCCCCCCCCCCCCCCCC. The van der Waals surface area contributed by atoms with Gasteiger partial charge in [-0.05, 0) is 19.3 Å². The molecule has 1 aliphatic heterocycles. The maximum Gasteiger partial charge on any atom is 0.220 e. The van der Waals surface area contributed by atoms with E-state index >= 15 is 0 Å². The standard InChI is InChI=1S/C65H127NO8/c1-3-5-7-9-11-13-15-17-19-20-21-22-23-24-25-26-27-28-29-30-31-32-33-34-35-36-37-38-39-41-43-45-47-49-51-53-55-61(69)66-58(57-73-65-64(72)63(71)62(70)60(56-67)74-65)59(68)54-52-50-48-46-44-42-40-18-16-14-12-10-8-6-4-2/h52,54,58-60,62-65,67-68,70-72H,3-51,53,55-57H2,1-2H3,(H,66,69)/b54-52+. The zero-order chi connectivity index (χ0) is 53.6. The summed E-state index contributed by atoms with van der Waals surface area (Å²) in [5.41, 5.74) is 0. The molecule has 1 rings (SSSR count). The number of carbonyl (C=O) groups is 1. The van der Waals surface area contributed by atoms with Crippen LogP contribution >= 0.6 is 0 Å². The number of aliphatic hydroxyl groups is 5. The van der Waals surface area contributed by atoms with E-state index in [0.717, 1.165) is 38.5 Å². The number of hydrogen-bond donors (Lipinski definition) is 6. The first-order valence-corrected chi connectivity index (χ1v) is 32.9. The Morgan fingerprint density at radius 3 is 1.05 bits per heavy atom. The molecule has 1 amide bonds. The van der Waals surface area contributed by atoms with Crippen molar-refractivity contribution in [2.45, 2.75) is 384 Å². The van der Waals surface area contributed by atoms with Crippen LogP contribution in [0.15, 0.2) is 12.2 Å². The molecule has 440 valence electrons. The van der Waals surface area contributed by atoms with Crippen LogP contribution in [0, 0.1) is 0 Å². The normalized spacial score (nSPS) is 18.9. The lowest BCUT2D eigenvalue weighted by Gasteiger charge is -2.40. The lowest BCUT2D eigenvalue weighted by molar-refractivity contribution is -0.302. The van der Waals surface area contributed by atoms with Crippen molar-refractivity contribution in [2.75, 3.05) is 13.2 Å². The molecule has 1 heterocycles. The maximum atomic E-state index is 13.1. The van der Waals surface area contributed by atoms with Gasteiger partial charge in [-0.2, -0.15) is 0 Å². The van der Waals surface area contributed by atoms with Crippen molar-refractivity contribution in [3.63, 3.8) is 0 Å². The third-order valence-corrected chi connectivity index (χ3v) is 16.1. The van der Waals surface area contributed by atoms with Gasteiger partial charge in [0.2, 0.25) is 5.91 Å². The molecule has 9 nitrogen and oxygen atoms in total. The Morgan fingerprint density at radius 2 is 0.743 bits per heavy atom. The second kappa shape index (κ2) is 55.3. The number of aliphatic hydroxyl groups excluding tert-OH is 5. The lowest BCUT2D eigenvalue weighted by Crippen LogP contribution is -2.60. The van der Waals surface area contributed by atoms with Crippen LogP contribution in [0.4, 0.5) is 0 Å². The predicted molar refractivity (Wildman–Crippen MR) is 314 cm³/mol. The summed E-state index contributed by atoms with van der Waals surface area (Å²) in [5, 5.41) is 54.5. The fourth-order valence-corrected chi connectivity index (χ4v) is 10.9. The summed E-state index contributed by atoms with van der Waals surface area (Å²) < 4.78 is 11.3. The summed E-state index contributed by atoms with van der Waals surface area (Å²) >= 11 is 0. The molecule has 1 saturated heterocycles. The van der Waals surface area contributed by atoms with Crippen molar-refractivity contribution >= 4 is 5.91 Å². The van der Waals surface area contributed by atoms with Crippen molar-refractivity contribution in [1.82, 2.24) is 5.32 Å². The molecule has 0 aromatic carbocycles. The van der Waals surface area contributed by atoms with Gasteiger partial charge in [-0.3, -0.25) is 4.79 Å². The molecule has 74 heavy (non-hydrogen) atoms. The quantitative estimate of drug-likeness (QED) is 0.0261. The molecule has 7 atom stereocenters. The molecule has 7 unspecified atom stereocenters. The number of hydrogen-bond acceptors (Lipinski definition) is 8. The van der Waals surface area contributed by atoms with Gasteiger partial charge in [-0.25, -0.2) is 0 Å². The largest absolute Gasteiger partial charge is 0.394 e. The van der Waals surface area contributed by atoms with Crippen LogP contribution in [0.2, 0.25) is 0 Å². The highest BCUT2D eigenvalue weighted by atomic mass is 16.7. The number of nitrogens with one attached hydrogen (secondary N) is 1. The second-order valence-electron chi connectivity index (χ2n) is 23.3. The number of ether oxygens (including phenoxy) is 2. The molecular weight excluding hydrogens is 923 g/mol. The van der Waals surface area contributed by atoms with E-state index in [1.54, 1.807) is 6.08 Å². The Labute approximate surface area is 458 Å². The van der Waals surface area contributed by atoms with Gasteiger partial charge in [0.05, 0.1) is 25.4 Å². The summed E-state index contributed by atoms with van der Waals surface area (Å²) in [6.45, 7) is 3.82. The summed E-state index contributed by atoms with van der Waals surface area (Å²) in [5.74, 6) is -0.169. The molecule has 0 spiro atoms. The van der Waals surface area contributed by atoms with Crippen LogP contribution < -0.4 is 5.32 Å². The minimum Gasteiger partial charge on any atom is -0.394 e. The van der Waals surface area contributed by atoms with Gasteiger partial charge in [0.1, 0.15) is 24.4 Å². The Bertz CT molecular complexity index is 1170. The van der Waals surface area contributed by atoms with Crippen molar-refractivity contribution in [3.05, 3.63) is 12.2 Å². The van der Waals surface area contributed by atoms with E-state index < -0.39 is 49.5 Å². The number of amides is 1. The molecule has 1 aliphatic rings. The third kappa shape index (κ3) is 43.9. The Kier molecular flexibility index (Phi) is 53.0. The second-order valence-corrected chi connectivity index (χ2v) is 23.3. The average molecular weight is 1050 g/mol. The molecule has 6 N–H and O–H groups in total. The molecule has 0 bridgehead atoms. The average Bonchev–Trinajstić information content (AvgIpc) is 3.40. The minimum absolute atomic E-state index is 0.169. The fourth-order valence-electron chi connectivity index (χ4n) is 10.9. The molecule has 1 fully saturated rings. The highest BCUT2D eigenvalue weighted by Gasteiger charge is 2.44. The molecular formula is C65H127NO8. The highest BCUT2D eigenvalue weighted by molar-refractivity contribution is 5.76. The van der Waals surface area contributed by atoms with Crippen LogP contribution in [0.1, 0.15) is 341 Å². The molecule has 0 aliphatic carbocycles. The molecule has 9 heteroatoms. The van der Waals surface area contributed by atoms with Gasteiger partial charge in [0.15, 0.2) is 6.29 Å². The van der Waals surface area contributed by atoms with Crippen molar-refractivity contribution < 1.29 is 39.8 Å². The Balaban J connectivity index is 2.05. The number of allylic oxidation sites excluding steroid dienone is 1. The van der Waals surface area contributed by atoms with E-state index in [4.69, 9.17) is 9.47 Å². The van der Waals surface area contributed by atoms with Gasteiger partial charge in [-0.1, -0.05) is 328 Å². The molecule has 0 aromatic heterocycles. The smallest absolute Gasteiger partial charge is 0.220 e. The van der Waals surface area contributed by atoms with Gasteiger partial charge in [0, 0.05) is 6.42 Å². The zero-order valence-electron chi connectivity index (χ0n) is 49.1. The molecule has 0 radical (unpaired) electrons. The summed E-state index contributed by atoms with van der Waals surface area (Å²) in [6.07, 6.45) is 63.3. The van der Waals surface area contributed by atoms with Crippen molar-refractivity contribution in [3.8, 4) is 0 Å². The van der Waals surface area contributed by atoms with Crippen molar-refractivity contribution in [1.29, 1.82) is 0 Å². The molecule has 0 aromatic rings. The summed E-state index contributed by atoms with van der Waals surface area (Å²) in [6, 6.07) is -0.800. The summed E-state index contributed by atoms with van der Waals surface area (Å²) in [4.78, 5) is 13.1. The first-order chi connectivity index (χ1) is 36.3. The number of unbranched alkanes of at least 4 members (excludes halogenated alkanes) is 48. The van der Waals surface area contributed by atoms with Crippen LogP contribution in [0.3, 0.4) is 0 Å².